The number of carbonyl (C=O) groups excluding carboxylic acids is 1. The van der Waals surface area contributed by atoms with E-state index in [1.54, 1.807) is 31.2 Å². The number of benzene rings is 2. The van der Waals surface area contributed by atoms with E-state index in [9.17, 15) is 25.4 Å². The van der Waals surface area contributed by atoms with E-state index in [1.807, 2.05) is 6.07 Å². The average molecular weight is 563 g/mol. The van der Waals surface area contributed by atoms with Gasteiger partial charge in [0.05, 0.1) is 22.1 Å². The van der Waals surface area contributed by atoms with Gasteiger partial charge in [0, 0.05) is 17.0 Å². The summed E-state index contributed by atoms with van der Waals surface area (Å²) in [6, 6.07) is 13.2. The Morgan fingerprint density at radius 1 is 1.21 bits per heavy atom. The lowest BCUT2D eigenvalue weighted by Crippen LogP contribution is -2.13. The fourth-order valence-corrected chi connectivity index (χ4v) is 5.71. The van der Waals surface area contributed by atoms with E-state index in [0.717, 1.165) is 36.1 Å². The van der Waals surface area contributed by atoms with E-state index < -0.39 is 10.8 Å². The molecule has 1 aromatic heterocycles. The normalized spacial score (nSPS) is 12.6. The van der Waals surface area contributed by atoms with Gasteiger partial charge in [-0.15, -0.1) is 11.3 Å². The number of thiophene rings is 1. The van der Waals surface area contributed by atoms with E-state index >= 15 is 0 Å². The summed E-state index contributed by atoms with van der Waals surface area (Å²) in [5.74, 6) is -0.0476. The van der Waals surface area contributed by atoms with Crippen molar-refractivity contribution in [1.82, 2.24) is 0 Å². The average Bonchev–Trinajstić information content (AvgIpc) is 3.28. The predicted octanol–water partition coefficient (Wildman–Crippen LogP) is 6.58. The van der Waals surface area contributed by atoms with E-state index in [4.69, 9.17) is 21.1 Å². The van der Waals surface area contributed by atoms with Crippen molar-refractivity contribution in [3.05, 3.63) is 84.2 Å². The van der Waals surface area contributed by atoms with E-state index in [2.05, 4.69) is 11.4 Å². The molecule has 0 aliphatic heterocycles. The Bertz CT molecular complexity index is 1530. The summed E-state index contributed by atoms with van der Waals surface area (Å²) in [6.45, 7) is 2.19. The van der Waals surface area contributed by atoms with Gasteiger partial charge in [0.15, 0.2) is 11.5 Å². The van der Waals surface area contributed by atoms with Crippen LogP contribution in [0, 0.1) is 32.8 Å². The number of nitriles is 2. The van der Waals surface area contributed by atoms with Crippen molar-refractivity contribution < 1.29 is 19.2 Å². The van der Waals surface area contributed by atoms with Crippen molar-refractivity contribution in [2.75, 3.05) is 11.9 Å². The van der Waals surface area contributed by atoms with Crippen LogP contribution in [0.15, 0.2) is 42.0 Å². The first-order valence-electron chi connectivity index (χ1n) is 12.1. The number of carbonyl (C=O) groups is 1. The lowest BCUT2D eigenvalue weighted by Gasteiger charge is -2.15. The number of nitrogens with one attached hydrogen (secondary N) is 1. The highest BCUT2D eigenvalue weighted by Gasteiger charge is 2.23. The molecule has 3 aromatic rings. The number of ether oxygens (including phenoxy) is 2. The summed E-state index contributed by atoms with van der Waals surface area (Å²) in [5, 5.41) is 33.6. The number of hydrogen-bond acceptors (Lipinski definition) is 8. The Kier molecular flexibility index (Phi) is 8.82. The van der Waals surface area contributed by atoms with Crippen molar-refractivity contribution in [3.8, 4) is 23.6 Å². The molecular weight excluding hydrogens is 540 g/mol. The van der Waals surface area contributed by atoms with Gasteiger partial charge >= 0.3 is 0 Å². The number of aryl methyl sites for hydroxylation is 1. The molecule has 1 N–H and O–H groups in total. The van der Waals surface area contributed by atoms with Gasteiger partial charge in [0.2, 0.25) is 0 Å². The van der Waals surface area contributed by atoms with Crippen molar-refractivity contribution in [3.63, 3.8) is 0 Å². The molecule has 0 radical (unpaired) electrons. The molecule has 0 fully saturated rings. The van der Waals surface area contributed by atoms with Crippen molar-refractivity contribution >= 4 is 45.6 Å². The summed E-state index contributed by atoms with van der Waals surface area (Å²) in [5.41, 5.74) is 2.41. The second kappa shape index (κ2) is 12.4. The first-order valence-corrected chi connectivity index (χ1v) is 13.3. The Morgan fingerprint density at radius 3 is 2.62 bits per heavy atom. The van der Waals surface area contributed by atoms with Crippen LogP contribution in [0.1, 0.15) is 46.9 Å². The maximum Gasteiger partial charge on any atom is 0.269 e. The fraction of sp³-hybridized carbons (Fsp3) is 0.250. The molecule has 39 heavy (non-hydrogen) atoms. The zero-order valence-electron chi connectivity index (χ0n) is 21.0. The Balaban J connectivity index is 1.55. The summed E-state index contributed by atoms with van der Waals surface area (Å²) in [4.78, 5) is 24.5. The van der Waals surface area contributed by atoms with Gasteiger partial charge in [-0.05, 0) is 79.6 Å². The molecular formula is C28H23ClN4O5S. The number of amides is 1. The topological polar surface area (TPSA) is 138 Å². The molecule has 9 nitrogen and oxygen atoms in total. The highest BCUT2D eigenvalue weighted by Crippen LogP contribution is 2.39. The monoisotopic (exact) mass is 562 g/mol. The van der Waals surface area contributed by atoms with Crippen molar-refractivity contribution in [1.29, 1.82) is 10.5 Å². The van der Waals surface area contributed by atoms with E-state index in [0.29, 0.717) is 34.0 Å². The number of nitro benzene ring substituents is 1. The number of fused-ring (bicyclic) bond motifs is 1. The van der Waals surface area contributed by atoms with Crippen LogP contribution in [0.5, 0.6) is 11.5 Å². The third-order valence-corrected chi connectivity index (χ3v) is 7.54. The number of nitrogens with zero attached hydrogens (tertiary/aromatic N) is 3. The highest BCUT2D eigenvalue weighted by molar-refractivity contribution is 7.16. The van der Waals surface area contributed by atoms with E-state index in [-0.39, 0.29) is 28.6 Å². The minimum atomic E-state index is -0.625. The molecule has 11 heteroatoms. The van der Waals surface area contributed by atoms with Crippen LogP contribution in [0.2, 0.25) is 5.02 Å². The van der Waals surface area contributed by atoms with Crippen molar-refractivity contribution in [2.24, 2.45) is 0 Å². The second-order valence-electron chi connectivity index (χ2n) is 8.63. The van der Waals surface area contributed by atoms with Gasteiger partial charge < -0.3 is 14.8 Å². The summed E-state index contributed by atoms with van der Waals surface area (Å²) >= 11 is 7.88. The number of halogens is 1. The maximum atomic E-state index is 13.0. The van der Waals surface area contributed by atoms with Crippen LogP contribution in [-0.2, 0) is 24.2 Å². The molecule has 1 aliphatic carbocycles. The van der Waals surface area contributed by atoms with Gasteiger partial charge in [0.1, 0.15) is 29.3 Å². The molecule has 0 saturated carbocycles. The van der Waals surface area contributed by atoms with Crippen LogP contribution in [0.4, 0.5) is 10.7 Å². The predicted molar refractivity (Wildman–Crippen MR) is 148 cm³/mol. The third kappa shape index (κ3) is 6.37. The first kappa shape index (κ1) is 27.6. The number of nitro groups is 1. The molecule has 1 aliphatic rings. The zero-order chi connectivity index (χ0) is 27.9. The summed E-state index contributed by atoms with van der Waals surface area (Å²) in [7, 11) is 0. The van der Waals surface area contributed by atoms with Gasteiger partial charge in [-0.1, -0.05) is 11.6 Å². The van der Waals surface area contributed by atoms with E-state index in [1.165, 1.54) is 29.5 Å². The fourth-order valence-electron chi connectivity index (χ4n) is 4.20. The highest BCUT2D eigenvalue weighted by atomic mass is 35.5. The van der Waals surface area contributed by atoms with Crippen LogP contribution in [0.3, 0.4) is 0 Å². The zero-order valence-corrected chi connectivity index (χ0v) is 22.5. The Morgan fingerprint density at radius 2 is 1.95 bits per heavy atom. The molecule has 0 atom stereocenters. The van der Waals surface area contributed by atoms with Crippen LogP contribution in [0.25, 0.3) is 6.08 Å². The van der Waals surface area contributed by atoms with Crippen LogP contribution in [-0.4, -0.2) is 17.4 Å². The quantitative estimate of drug-likeness (QED) is 0.134. The SMILES string of the molecule is CCOc1cc(/C=C(\C#N)C(=O)Nc2sc3c(c2C#N)CCCC3)cc(Cl)c1OCc1ccc([N+](=O)[O-])cc1. The maximum absolute atomic E-state index is 13.0. The van der Waals surface area contributed by atoms with Gasteiger partial charge in [-0.2, -0.15) is 10.5 Å². The smallest absolute Gasteiger partial charge is 0.269 e. The van der Waals surface area contributed by atoms with Crippen molar-refractivity contribution in [2.45, 2.75) is 39.2 Å². The lowest BCUT2D eigenvalue weighted by atomic mass is 9.96. The molecule has 0 bridgehead atoms. The number of hydrogen-bond donors (Lipinski definition) is 1. The second-order valence-corrected chi connectivity index (χ2v) is 10.1. The van der Waals surface area contributed by atoms with Gasteiger partial charge in [-0.3, -0.25) is 14.9 Å². The molecule has 198 valence electrons. The minimum Gasteiger partial charge on any atom is -0.490 e. The first-order chi connectivity index (χ1) is 18.8. The molecule has 1 heterocycles. The number of anilines is 1. The van der Waals surface area contributed by atoms with Crippen LogP contribution >= 0.6 is 22.9 Å². The molecule has 2 aromatic carbocycles. The lowest BCUT2D eigenvalue weighted by molar-refractivity contribution is -0.384. The van der Waals surface area contributed by atoms with Gasteiger partial charge in [-0.25, -0.2) is 0 Å². The Labute approximate surface area is 234 Å². The minimum absolute atomic E-state index is 0.0252. The Hall–Kier alpha value is -4.38. The standard InChI is InChI=1S/C28H23ClN4O5S/c1-2-37-24-13-18(12-23(29)26(24)38-16-17-7-9-20(10-8-17)33(35)36)11-19(14-30)27(34)32-28-22(15-31)21-5-3-4-6-25(21)39-28/h7-13H,2-6,16H2,1H3,(H,32,34)/b19-11+. The number of rotatable bonds is 9. The largest absolute Gasteiger partial charge is 0.490 e. The summed E-state index contributed by atoms with van der Waals surface area (Å²) < 4.78 is 11.6. The molecule has 1 amide bonds. The molecule has 0 saturated heterocycles. The third-order valence-electron chi connectivity index (χ3n) is 6.05. The van der Waals surface area contributed by atoms with Crippen LogP contribution < -0.4 is 14.8 Å². The summed E-state index contributed by atoms with van der Waals surface area (Å²) in [6.07, 6.45) is 5.13. The molecule has 0 spiro atoms. The van der Waals surface area contributed by atoms with Gasteiger partial charge in [0.25, 0.3) is 11.6 Å². The molecule has 0 unspecified atom stereocenters. The molecule has 4 rings (SSSR count). The number of non-ortho nitro benzene ring substituents is 1.